The van der Waals surface area contributed by atoms with Crippen molar-refractivity contribution in [3.63, 3.8) is 0 Å². The molecule has 1 aromatic heterocycles. The van der Waals surface area contributed by atoms with Crippen LogP contribution in [-0.4, -0.2) is 23.1 Å². The summed E-state index contributed by atoms with van der Waals surface area (Å²) in [5.74, 6) is 0.419. The fourth-order valence-corrected chi connectivity index (χ4v) is 2.69. The number of nitrogens with two attached hydrogens (primary N) is 1. The van der Waals surface area contributed by atoms with Crippen LogP contribution in [0.15, 0.2) is 29.1 Å². The van der Waals surface area contributed by atoms with Crippen molar-refractivity contribution in [3.05, 3.63) is 51.3 Å². The standard InChI is InChI=1S/C15H15N5O/c16-9-12-13(18-15(17)19-14(12)21)20-7-5-10-3-1-2-4-11(10)6-8-20/h1-4H,5-8H2,(H3,17,18,19,21). The van der Waals surface area contributed by atoms with E-state index < -0.39 is 5.56 Å². The van der Waals surface area contributed by atoms with Gasteiger partial charge in [0.05, 0.1) is 0 Å². The smallest absolute Gasteiger partial charge is 0.272 e. The highest BCUT2D eigenvalue weighted by atomic mass is 16.1. The Balaban J connectivity index is 1.97. The van der Waals surface area contributed by atoms with E-state index in [-0.39, 0.29) is 11.5 Å². The van der Waals surface area contributed by atoms with Gasteiger partial charge in [0.1, 0.15) is 6.07 Å². The molecule has 3 N–H and O–H groups in total. The molecule has 0 unspecified atom stereocenters. The maximum Gasteiger partial charge on any atom is 0.272 e. The van der Waals surface area contributed by atoms with Crippen LogP contribution in [0.4, 0.5) is 11.8 Å². The van der Waals surface area contributed by atoms with E-state index in [9.17, 15) is 10.1 Å². The van der Waals surface area contributed by atoms with Gasteiger partial charge in [0.15, 0.2) is 11.4 Å². The average molecular weight is 281 g/mol. The predicted molar refractivity (Wildman–Crippen MR) is 80.0 cm³/mol. The molecule has 3 rings (SSSR count). The molecule has 0 fully saturated rings. The van der Waals surface area contributed by atoms with Crippen LogP contribution in [0, 0.1) is 11.3 Å². The highest BCUT2D eigenvalue weighted by molar-refractivity contribution is 5.55. The molecule has 106 valence electrons. The molecule has 0 amide bonds. The number of nitriles is 1. The number of hydrogen-bond acceptors (Lipinski definition) is 5. The summed E-state index contributed by atoms with van der Waals surface area (Å²) < 4.78 is 0. The van der Waals surface area contributed by atoms with Gasteiger partial charge in [-0.15, -0.1) is 0 Å². The van der Waals surface area contributed by atoms with Crippen molar-refractivity contribution in [2.75, 3.05) is 23.7 Å². The van der Waals surface area contributed by atoms with Gasteiger partial charge in [0.25, 0.3) is 5.56 Å². The number of hydrogen-bond donors (Lipinski definition) is 2. The van der Waals surface area contributed by atoms with Crippen LogP contribution in [0.1, 0.15) is 16.7 Å². The van der Waals surface area contributed by atoms with Gasteiger partial charge >= 0.3 is 0 Å². The molecular weight excluding hydrogens is 266 g/mol. The maximum atomic E-state index is 11.8. The molecule has 0 spiro atoms. The third kappa shape index (κ3) is 2.46. The second-order valence-electron chi connectivity index (χ2n) is 5.02. The number of fused-ring (bicyclic) bond motifs is 1. The Labute approximate surface area is 121 Å². The summed E-state index contributed by atoms with van der Waals surface area (Å²) >= 11 is 0. The molecule has 2 heterocycles. The number of anilines is 2. The number of rotatable bonds is 1. The first-order valence-electron chi connectivity index (χ1n) is 6.80. The van der Waals surface area contributed by atoms with Gasteiger partial charge in [0.2, 0.25) is 5.95 Å². The predicted octanol–water partition coefficient (Wildman–Crippen LogP) is 0.829. The zero-order valence-corrected chi connectivity index (χ0v) is 11.5. The summed E-state index contributed by atoms with van der Waals surface area (Å²) in [6, 6.07) is 10.2. The van der Waals surface area contributed by atoms with E-state index in [0.29, 0.717) is 18.9 Å². The van der Waals surface area contributed by atoms with Gasteiger partial charge < -0.3 is 10.6 Å². The Hall–Kier alpha value is -2.81. The minimum atomic E-state index is -0.484. The number of H-pyrrole nitrogens is 1. The van der Waals surface area contributed by atoms with E-state index in [2.05, 4.69) is 22.1 Å². The van der Waals surface area contributed by atoms with Crippen LogP contribution in [0.5, 0.6) is 0 Å². The average Bonchev–Trinajstić information content (AvgIpc) is 2.69. The van der Waals surface area contributed by atoms with E-state index >= 15 is 0 Å². The lowest BCUT2D eigenvalue weighted by atomic mass is 10.0. The van der Waals surface area contributed by atoms with Crippen molar-refractivity contribution in [1.29, 1.82) is 5.26 Å². The fourth-order valence-electron chi connectivity index (χ4n) is 2.69. The first-order valence-corrected chi connectivity index (χ1v) is 6.80. The minimum Gasteiger partial charge on any atom is -0.369 e. The third-order valence-corrected chi connectivity index (χ3v) is 3.75. The van der Waals surface area contributed by atoms with Gasteiger partial charge in [-0.3, -0.25) is 9.78 Å². The molecule has 6 nitrogen and oxygen atoms in total. The van der Waals surface area contributed by atoms with Gasteiger partial charge in [0, 0.05) is 13.1 Å². The minimum absolute atomic E-state index is 0.0233. The lowest BCUT2D eigenvalue weighted by molar-refractivity contribution is 0.786. The van der Waals surface area contributed by atoms with Crippen LogP contribution in [0.2, 0.25) is 0 Å². The molecule has 2 aromatic rings. The molecule has 0 aliphatic carbocycles. The van der Waals surface area contributed by atoms with Crippen molar-refractivity contribution in [3.8, 4) is 6.07 Å². The first-order chi connectivity index (χ1) is 10.2. The Kier molecular flexibility index (Phi) is 3.32. The summed E-state index contributed by atoms with van der Waals surface area (Å²) in [6.45, 7) is 1.42. The molecular formula is C15H15N5O. The largest absolute Gasteiger partial charge is 0.369 e. The van der Waals surface area contributed by atoms with E-state index in [1.165, 1.54) is 11.1 Å². The van der Waals surface area contributed by atoms with E-state index in [1.54, 1.807) is 0 Å². The number of nitrogens with one attached hydrogen (secondary N) is 1. The number of aromatic amines is 1. The molecule has 0 saturated heterocycles. The van der Waals surface area contributed by atoms with Gasteiger partial charge in [-0.25, -0.2) is 0 Å². The van der Waals surface area contributed by atoms with E-state index in [4.69, 9.17) is 5.73 Å². The Morgan fingerprint density at radius 1 is 1.24 bits per heavy atom. The lowest BCUT2D eigenvalue weighted by Gasteiger charge is -2.22. The molecule has 0 bridgehead atoms. The van der Waals surface area contributed by atoms with Crippen molar-refractivity contribution in [2.45, 2.75) is 12.8 Å². The quantitative estimate of drug-likeness (QED) is 0.806. The summed E-state index contributed by atoms with van der Waals surface area (Å²) in [6.07, 6.45) is 1.71. The monoisotopic (exact) mass is 281 g/mol. The molecule has 1 aromatic carbocycles. The van der Waals surface area contributed by atoms with Crippen LogP contribution in [0.25, 0.3) is 0 Å². The highest BCUT2D eigenvalue weighted by Gasteiger charge is 2.20. The van der Waals surface area contributed by atoms with Crippen molar-refractivity contribution in [1.82, 2.24) is 9.97 Å². The summed E-state index contributed by atoms with van der Waals surface area (Å²) in [4.78, 5) is 20.3. The Bertz CT molecular complexity index is 747. The summed E-state index contributed by atoms with van der Waals surface area (Å²) in [5.41, 5.74) is 7.75. The number of nitrogen functional groups attached to an aromatic ring is 1. The third-order valence-electron chi connectivity index (χ3n) is 3.75. The van der Waals surface area contributed by atoms with Crippen LogP contribution in [-0.2, 0) is 12.8 Å². The fraction of sp³-hybridized carbons (Fsp3) is 0.267. The van der Waals surface area contributed by atoms with Gasteiger partial charge in [-0.2, -0.15) is 10.2 Å². The Morgan fingerprint density at radius 2 is 1.86 bits per heavy atom. The van der Waals surface area contributed by atoms with Crippen LogP contribution in [0.3, 0.4) is 0 Å². The van der Waals surface area contributed by atoms with Gasteiger partial charge in [-0.05, 0) is 24.0 Å². The van der Waals surface area contributed by atoms with E-state index in [1.807, 2.05) is 23.1 Å². The van der Waals surface area contributed by atoms with Crippen molar-refractivity contribution in [2.24, 2.45) is 0 Å². The zero-order valence-electron chi connectivity index (χ0n) is 11.5. The van der Waals surface area contributed by atoms with Crippen molar-refractivity contribution >= 4 is 11.8 Å². The summed E-state index contributed by atoms with van der Waals surface area (Å²) in [7, 11) is 0. The molecule has 1 aliphatic heterocycles. The lowest BCUT2D eigenvalue weighted by Crippen LogP contribution is -2.31. The van der Waals surface area contributed by atoms with Crippen molar-refractivity contribution < 1.29 is 0 Å². The second kappa shape index (κ2) is 5.29. The molecule has 0 saturated carbocycles. The van der Waals surface area contributed by atoms with Crippen LogP contribution < -0.4 is 16.2 Å². The Morgan fingerprint density at radius 3 is 2.43 bits per heavy atom. The topological polar surface area (TPSA) is 98.8 Å². The molecule has 0 radical (unpaired) electrons. The second-order valence-corrected chi connectivity index (χ2v) is 5.02. The molecule has 21 heavy (non-hydrogen) atoms. The van der Waals surface area contributed by atoms with Gasteiger partial charge in [-0.1, -0.05) is 24.3 Å². The maximum absolute atomic E-state index is 11.8. The zero-order chi connectivity index (χ0) is 14.8. The highest BCUT2D eigenvalue weighted by Crippen LogP contribution is 2.21. The summed E-state index contributed by atoms with van der Waals surface area (Å²) in [5, 5.41) is 9.19. The number of benzene rings is 1. The van der Waals surface area contributed by atoms with E-state index in [0.717, 1.165) is 12.8 Å². The van der Waals surface area contributed by atoms with Crippen LogP contribution >= 0.6 is 0 Å². The normalized spacial score (nSPS) is 14.1. The first kappa shape index (κ1) is 13.2. The molecule has 6 heteroatoms. The molecule has 0 atom stereocenters. The number of aromatic nitrogens is 2. The SMILES string of the molecule is N#Cc1c(N2CCc3ccccc3CC2)nc(N)[nH]c1=O. The number of nitrogens with zero attached hydrogens (tertiary/aromatic N) is 3. The molecule has 1 aliphatic rings.